The molecule has 0 radical (unpaired) electrons. The number of carbonyl (C=O) groups excluding carboxylic acids is 1. The zero-order valence-electron chi connectivity index (χ0n) is 10.7. The van der Waals surface area contributed by atoms with Crippen LogP contribution < -0.4 is 5.32 Å². The van der Waals surface area contributed by atoms with Crippen molar-refractivity contribution in [2.24, 2.45) is 0 Å². The zero-order valence-corrected chi connectivity index (χ0v) is 12.2. The van der Waals surface area contributed by atoms with Crippen LogP contribution in [-0.2, 0) is 4.74 Å². The molecule has 2 heterocycles. The average molecular weight is 306 g/mol. The molecule has 1 saturated heterocycles. The summed E-state index contributed by atoms with van der Waals surface area (Å²) in [6, 6.07) is 1.80. The third-order valence-electron chi connectivity index (χ3n) is 3.20. The Morgan fingerprint density at radius 2 is 2.21 bits per heavy atom. The number of halogens is 2. The van der Waals surface area contributed by atoms with Gasteiger partial charge in [-0.1, -0.05) is 23.2 Å². The summed E-state index contributed by atoms with van der Waals surface area (Å²) in [5.41, 5.74) is 0.379. The molecule has 0 aromatic carbocycles. The largest absolute Gasteiger partial charge is 0.379 e. The van der Waals surface area contributed by atoms with Crippen LogP contribution in [0.5, 0.6) is 0 Å². The predicted molar refractivity (Wildman–Crippen MR) is 75.0 cm³/mol. The van der Waals surface area contributed by atoms with Crippen molar-refractivity contribution in [2.45, 2.75) is 13.0 Å². The first kappa shape index (κ1) is 14.7. The van der Waals surface area contributed by atoms with E-state index in [1.807, 2.05) is 0 Å². The number of carbonyl (C=O) groups is 1. The van der Waals surface area contributed by atoms with Gasteiger partial charge in [-0.05, 0) is 13.0 Å². The number of H-pyrrole nitrogens is 1. The van der Waals surface area contributed by atoms with Gasteiger partial charge in [0.15, 0.2) is 0 Å². The van der Waals surface area contributed by atoms with E-state index in [0.29, 0.717) is 17.3 Å². The van der Waals surface area contributed by atoms with Gasteiger partial charge in [0.05, 0.1) is 18.2 Å². The molecule has 7 heteroatoms. The maximum atomic E-state index is 11.9. The Labute approximate surface area is 122 Å². The van der Waals surface area contributed by atoms with Gasteiger partial charge in [0, 0.05) is 25.7 Å². The lowest BCUT2D eigenvalue weighted by molar-refractivity contribution is 0.0204. The summed E-state index contributed by atoms with van der Waals surface area (Å²) >= 11 is 11.6. The number of nitrogens with one attached hydrogen (secondary N) is 2. The molecule has 19 heavy (non-hydrogen) atoms. The van der Waals surface area contributed by atoms with Crippen LogP contribution in [0.2, 0.25) is 10.2 Å². The molecule has 0 bridgehead atoms. The fraction of sp³-hybridized carbons (Fsp3) is 0.583. The zero-order chi connectivity index (χ0) is 13.8. The van der Waals surface area contributed by atoms with Crippen LogP contribution in [0.1, 0.15) is 17.4 Å². The Kier molecular flexibility index (Phi) is 5.10. The molecule has 1 aliphatic rings. The van der Waals surface area contributed by atoms with Crippen molar-refractivity contribution in [2.75, 3.05) is 32.8 Å². The Balaban J connectivity index is 1.82. The van der Waals surface area contributed by atoms with Crippen molar-refractivity contribution >= 4 is 29.1 Å². The van der Waals surface area contributed by atoms with Gasteiger partial charge in [0.1, 0.15) is 10.8 Å². The normalized spacial score (nSPS) is 18.3. The van der Waals surface area contributed by atoms with E-state index in [0.717, 1.165) is 26.3 Å². The van der Waals surface area contributed by atoms with Crippen molar-refractivity contribution in [3.05, 3.63) is 21.9 Å². The number of morpholine rings is 1. The molecular formula is C12H17Cl2N3O2. The standard InChI is InChI=1S/C12H17Cl2N3O2/c1-8(17-2-4-19-5-3-17)7-15-12(18)10-6-9(13)11(14)16-10/h6,8,16H,2-5,7H2,1H3,(H,15,18). The Morgan fingerprint density at radius 3 is 2.79 bits per heavy atom. The first-order chi connectivity index (χ1) is 9.08. The van der Waals surface area contributed by atoms with Gasteiger partial charge in [0.25, 0.3) is 5.91 Å². The van der Waals surface area contributed by atoms with Crippen LogP contribution in [0.15, 0.2) is 6.07 Å². The molecule has 1 aromatic rings. The molecule has 2 rings (SSSR count). The highest BCUT2D eigenvalue weighted by atomic mass is 35.5. The number of hydrogen-bond acceptors (Lipinski definition) is 3. The molecule has 106 valence electrons. The third-order valence-corrected chi connectivity index (χ3v) is 3.89. The predicted octanol–water partition coefficient (Wildman–Crippen LogP) is 1.77. The number of nitrogens with zero attached hydrogens (tertiary/aromatic N) is 1. The highest BCUT2D eigenvalue weighted by Gasteiger charge is 2.18. The number of rotatable bonds is 4. The fourth-order valence-electron chi connectivity index (χ4n) is 2.01. The van der Waals surface area contributed by atoms with E-state index in [1.54, 1.807) is 0 Å². The summed E-state index contributed by atoms with van der Waals surface area (Å²) in [5.74, 6) is -0.200. The van der Waals surface area contributed by atoms with E-state index in [9.17, 15) is 4.79 Å². The minimum Gasteiger partial charge on any atom is -0.379 e. The molecular weight excluding hydrogens is 289 g/mol. The van der Waals surface area contributed by atoms with Crippen LogP contribution >= 0.6 is 23.2 Å². The lowest BCUT2D eigenvalue weighted by Crippen LogP contribution is -2.47. The Bertz CT molecular complexity index is 425. The SMILES string of the molecule is CC(CNC(=O)c1cc(Cl)c(Cl)[nH]1)N1CCOCC1. The van der Waals surface area contributed by atoms with Crippen LogP contribution in [-0.4, -0.2) is 54.7 Å². The Hall–Kier alpha value is -0.750. The molecule has 0 spiro atoms. The first-order valence-electron chi connectivity index (χ1n) is 6.22. The van der Waals surface area contributed by atoms with E-state index >= 15 is 0 Å². The summed E-state index contributed by atoms with van der Waals surface area (Å²) < 4.78 is 5.30. The van der Waals surface area contributed by atoms with Gasteiger partial charge in [-0.2, -0.15) is 0 Å². The second-order valence-electron chi connectivity index (χ2n) is 4.55. The fourth-order valence-corrected chi connectivity index (χ4v) is 2.32. The number of hydrogen-bond donors (Lipinski definition) is 2. The third kappa shape index (κ3) is 3.86. The molecule has 5 nitrogen and oxygen atoms in total. The molecule has 2 N–H and O–H groups in total. The van der Waals surface area contributed by atoms with Crippen molar-refractivity contribution in [3.8, 4) is 0 Å². The molecule has 1 fully saturated rings. The molecule has 1 atom stereocenters. The summed E-state index contributed by atoms with van der Waals surface area (Å²) in [5, 5.41) is 3.51. The topological polar surface area (TPSA) is 57.4 Å². The number of aromatic nitrogens is 1. The van der Waals surface area contributed by atoms with E-state index < -0.39 is 0 Å². The van der Waals surface area contributed by atoms with Gasteiger partial charge < -0.3 is 15.0 Å². The quantitative estimate of drug-likeness (QED) is 0.891. The minimum atomic E-state index is -0.200. The summed E-state index contributed by atoms with van der Waals surface area (Å²) in [4.78, 5) is 16.9. The van der Waals surface area contributed by atoms with Crippen molar-refractivity contribution in [3.63, 3.8) is 0 Å². The van der Waals surface area contributed by atoms with Crippen LogP contribution in [0, 0.1) is 0 Å². The molecule has 1 amide bonds. The summed E-state index contributed by atoms with van der Waals surface area (Å²) in [7, 11) is 0. The molecule has 0 aliphatic carbocycles. The van der Waals surface area contributed by atoms with Crippen molar-refractivity contribution in [1.82, 2.24) is 15.2 Å². The number of aromatic amines is 1. The molecule has 1 aliphatic heterocycles. The van der Waals surface area contributed by atoms with Gasteiger partial charge >= 0.3 is 0 Å². The lowest BCUT2D eigenvalue weighted by Gasteiger charge is -2.32. The van der Waals surface area contributed by atoms with E-state index in [4.69, 9.17) is 27.9 Å². The number of ether oxygens (including phenoxy) is 1. The minimum absolute atomic E-state index is 0.200. The lowest BCUT2D eigenvalue weighted by atomic mass is 10.2. The van der Waals surface area contributed by atoms with Gasteiger partial charge in [-0.25, -0.2) is 0 Å². The van der Waals surface area contributed by atoms with Gasteiger partial charge in [0.2, 0.25) is 0 Å². The van der Waals surface area contributed by atoms with E-state index in [-0.39, 0.29) is 17.1 Å². The van der Waals surface area contributed by atoms with Crippen molar-refractivity contribution < 1.29 is 9.53 Å². The second kappa shape index (κ2) is 6.61. The summed E-state index contributed by atoms with van der Waals surface area (Å²) in [6.07, 6.45) is 0. The highest BCUT2D eigenvalue weighted by molar-refractivity contribution is 6.41. The second-order valence-corrected chi connectivity index (χ2v) is 5.34. The van der Waals surface area contributed by atoms with Crippen LogP contribution in [0.25, 0.3) is 0 Å². The van der Waals surface area contributed by atoms with E-state index in [1.165, 1.54) is 6.07 Å². The monoisotopic (exact) mass is 305 g/mol. The van der Waals surface area contributed by atoms with Crippen LogP contribution in [0.4, 0.5) is 0 Å². The maximum absolute atomic E-state index is 11.9. The smallest absolute Gasteiger partial charge is 0.267 e. The Morgan fingerprint density at radius 1 is 1.53 bits per heavy atom. The van der Waals surface area contributed by atoms with Gasteiger partial charge in [-0.15, -0.1) is 0 Å². The summed E-state index contributed by atoms with van der Waals surface area (Å²) in [6.45, 7) is 5.96. The molecule has 0 saturated carbocycles. The molecule has 1 unspecified atom stereocenters. The number of amides is 1. The van der Waals surface area contributed by atoms with E-state index in [2.05, 4.69) is 22.1 Å². The highest BCUT2D eigenvalue weighted by Crippen LogP contribution is 2.21. The van der Waals surface area contributed by atoms with Gasteiger partial charge in [-0.3, -0.25) is 9.69 Å². The maximum Gasteiger partial charge on any atom is 0.267 e. The van der Waals surface area contributed by atoms with Crippen LogP contribution in [0.3, 0.4) is 0 Å². The molecule has 1 aromatic heterocycles. The first-order valence-corrected chi connectivity index (χ1v) is 6.97. The van der Waals surface area contributed by atoms with Crippen molar-refractivity contribution in [1.29, 1.82) is 0 Å². The average Bonchev–Trinajstić information content (AvgIpc) is 2.77.